The van der Waals surface area contributed by atoms with E-state index in [1.807, 2.05) is 18.2 Å². The first-order valence-electron chi connectivity index (χ1n) is 11.5. The molecule has 0 saturated carbocycles. The molecular weight excluding hydrogens is 400 g/mol. The molecule has 0 bridgehead atoms. The van der Waals surface area contributed by atoms with E-state index in [0.29, 0.717) is 25.9 Å². The summed E-state index contributed by atoms with van der Waals surface area (Å²) in [6.45, 7) is 1.33. The zero-order chi connectivity index (χ0) is 21.9. The van der Waals surface area contributed by atoms with Crippen molar-refractivity contribution in [1.82, 2.24) is 4.90 Å². The van der Waals surface area contributed by atoms with Gasteiger partial charge in [0.2, 0.25) is 11.8 Å². The maximum atomic E-state index is 13.0. The van der Waals surface area contributed by atoms with Gasteiger partial charge in [-0.1, -0.05) is 42.5 Å². The van der Waals surface area contributed by atoms with Gasteiger partial charge >= 0.3 is 0 Å². The van der Waals surface area contributed by atoms with E-state index < -0.39 is 0 Å². The molecule has 1 N–H and O–H groups in total. The van der Waals surface area contributed by atoms with Crippen molar-refractivity contribution < 1.29 is 14.3 Å². The van der Waals surface area contributed by atoms with Crippen LogP contribution in [0.2, 0.25) is 0 Å². The summed E-state index contributed by atoms with van der Waals surface area (Å²) in [6, 6.07) is 20.7. The number of ether oxygens (including phenoxy) is 1. The molecule has 5 heteroatoms. The zero-order valence-corrected chi connectivity index (χ0v) is 18.2. The second-order valence-corrected chi connectivity index (χ2v) is 8.63. The van der Waals surface area contributed by atoms with E-state index >= 15 is 0 Å². The minimum Gasteiger partial charge on any atom is -0.494 e. The van der Waals surface area contributed by atoms with Gasteiger partial charge in [0.1, 0.15) is 5.75 Å². The fourth-order valence-electron chi connectivity index (χ4n) is 4.94. The van der Waals surface area contributed by atoms with Crippen LogP contribution in [0.4, 0.5) is 5.69 Å². The highest BCUT2D eigenvalue weighted by Crippen LogP contribution is 2.36. The Morgan fingerprint density at radius 1 is 1.06 bits per heavy atom. The van der Waals surface area contributed by atoms with Gasteiger partial charge in [0, 0.05) is 25.1 Å². The molecule has 0 aromatic heterocycles. The van der Waals surface area contributed by atoms with Crippen molar-refractivity contribution in [3.8, 4) is 5.75 Å². The van der Waals surface area contributed by atoms with Crippen molar-refractivity contribution >= 4 is 28.3 Å². The summed E-state index contributed by atoms with van der Waals surface area (Å²) in [5.74, 6) is 1.06. The molecule has 5 nitrogen and oxygen atoms in total. The van der Waals surface area contributed by atoms with Crippen LogP contribution in [0.5, 0.6) is 5.75 Å². The molecule has 2 amide bonds. The van der Waals surface area contributed by atoms with Gasteiger partial charge in [-0.25, -0.2) is 0 Å². The monoisotopic (exact) mass is 428 g/mol. The lowest BCUT2D eigenvalue weighted by Crippen LogP contribution is -2.30. The molecule has 0 aliphatic carbocycles. The summed E-state index contributed by atoms with van der Waals surface area (Å²) >= 11 is 0. The number of aryl methyl sites for hydroxylation is 1. The van der Waals surface area contributed by atoms with Crippen molar-refractivity contribution in [1.29, 1.82) is 0 Å². The number of hydrogen-bond acceptors (Lipinski definition) is 3. The van der Waals surface area contributed by atoms with Gasteiger partial charge in [-0.3, -0.25) is 9.59 Å². The molecule has 164 valence electrons. The number of carbonyl (C=O) groups is 2. The fourth-order valence-corrected chi connectivity index (χ4v) is 4.94. The molecular formula is C27H28N2O3. The topological polar surface area (TPSA) is 58.6 Å². The highest BCUT2D eigenvalue weighted by atomic mass is 16.5. The second-order valence-electron chi connectivity index (χ2n) is 8.63. The Morgan fingerprint density at radius 3 is 2.88 bits per heavy atom. The largest absolute Gasteiger partial charge is 0.494 e. The molecule has 2 heterocycles. The van der Waals surface area contributed by atoms with Gasteiger partial charge in [-0.05, 0) is 65.8 Å². The van der Waals surface area contributed by atoms with Crippen molar-refractivity contribution in [3.63, 3.8) is 0 Å². The Balaban J connectivity index is 1.18. The summed E-state index contributed by atoms with van der Waals surface area (Å²) in [5.41, 5.74) is 3.23. The Kier molecular flexibility index (Phi) is 5.80. The predicted molar refractivity (Wildman–Crippen MR) is 126 cm³/mol. The third-order valence-electron chi connectivity index (χ3n) is 6.53. The molecule has 0 spiro atoms. The molecule has 0 radical (unpaired) electrons. The van der Waals surface area contributed by atoms with Gasteiger partial charge in [0.25, 0.3) is 0 Å². The van der Waals surface area contributed by atoms with E-state index in [2.05, 4.69) is 52.7 Å². The summed E-state index contributed by atoms with van der Waals surface area (Å²) < 4.78 is 5.90. The number of nitrogens with zero attached hydrogens (tertiary/aromatic N) is 1. The predicted octanol–water partition coefficient (Wildman–Crippen LogP) is 5.25. The third-order valence-corrected chi connectivity index (χ3v) is 6.53. The quantitative estimate of drug-likeness (QED) is 0.546. The van der Waals surface area contributed by atoms with E-state index in [0.717, 1.165) is 42.8 Å². The molecule has 1 saturated heterocycles. The zero-order valence-electron chi connectivity index (χ0n) is 18.2. The van der Waals surface area contributed by atoms with Gasteiger partial charge in [-0.2, -0.15) is 0 Å². The van der Waals surface area contributed by atoms with Crippen molar-refractivity contribution in [2.75, 3.05) is 18.5 Å². The maximum Gasteiger partial charge on any atom is 0.224 e. The van der Waals surface area contributed by atoms with E-state index in [1.54, 1.807) is 0 Å². The van der Waals surface area contributed by atoms with Crippen LogP contribution >= 0.6 is 0 Å². The Hall–Kier alpha value is -3.34. The van der Waals surface area contributed by atoms with Crippen molar-refractivity contribution in [3.05, 3.63) is 71.8 Å². The van der Waals surface area contributed by atoms with Gasteiger partial charge in [-0.15, -0.1) is 0 Å². The minimum absolute atomic E-state index is 0.0633. The number of hydrogen-bond donors (Lipinski definition) is 1. The average molecular weight is 429 g/mol. The molecule has 1 atom stereocenters. The lowest BCUT2D eigenvalue weighted by Gasteiger charge is -2.26. The Bertz CT molecular complexity index is 1150. The van der Waals surface area contributed by atoms with Crippen LogP contribution in [0.15, 0.2) is 60.7 Å². The molecule has 1 fully saturated rings. The van der Waals surface area contributed by atoms with Gasteiger partial charge in [0.15, 0.2) is 0 Å². The molecule has 3 aromatic carbocycles. The van der Waals surface area contributed by atoms with E-state index in [4.69, 9.17) is 4.74 Å². The Labute approximate surface area is 188 Å². The first-order chi connectivity index (χ1) is 15.7. The molecule has 3 aromatic rings. The number of nitrogens with one attached hydrogen (secondary N) is 1. The maximum absolute atomic E-state index is 13.0. The number of benzene rings is 3. The minimum atomic E-state index is 0.0633. The number of fused-ring (bicyclic) bond motifs is 2. The number of amides is 2. The van der Waals surface area contributed by atoms with Crippen LogP contribution in [0.3, 0.4) is 0 Å². The highest BCUT2D eigenvalue weighted by molar-refractivity contribution is 5.94. The van der Waals surface area contributed by atoms with Crippen LogP contribution < -0.4 is 10.1 Å². The summed E-state index contributed by atoms with van der Waals surface area (Å²) in [5, 5.41) is 5.35. The smallest absolute Gasteiger partial charge is 0.224 e. The van der Waals surface area contributed by atoms with Crippen molar-refractivity contribution in [2.45, 2.75) is 44.6 Å². The molecule has 5 rings (SSSR count). The lowest BCUT2D eigenvalue weighted by atomic mass is 9.97. The van der Waals surface area contributed by atoms with Crippen molar-refractivity contribution in [2.24, 2.45) is 0 Å². The SMILES string of the molecule is O=C1CCc2cc(OCCCC(=O)N3CCCC3c3cccc4ccccc34)ccc2N1. The number of carbonyl (C=O) groups excluding carboxylic acids is 2. The molecule has 2 aliphatic heterocycles. The second kappa shape index (κ2) is 9.03. The Morgan fingerprint density at radius 2 is 1.94 bits per heavy atom. The van der Waals surface area contributed by atoms with E-state index in [1.165, 1.54) is 16.3 Å². The standard InChI is InChI=1S/C27H28N2O3/c30-26-15-12-20-18-21(13-14-24(20)28-26)32-17-5-11-27(31)29-16-4-10-25(29)23-9-3-7-19-6-1-2-8-22(19)23/h1-3,6-9,13-14,18,25H,4-5,10-12,15-17H2,(H,28,30). The van der Waals surface area contributed by atoms with Crippen LogP contribution in [0.1, 0.15) is 49.3 Å². The first kappa shape index (κ1) is 20.6. The molecule has 32 heavy (non-hydrogen) atoms. The highest BCUT2D eigenvalue weighted by Gasteiger charge is 2.30. The van der Waals surface area contributed by atoms with Crippen LogP contribution in [0.25, 0.3) is 10.8 Å². The van der Waals surface area contributed by atoms with E-state index in [9.17, 15) is 9.59 Å². The summed E-state index contributed by atoms with van der Waals surface area (Å²) in [6.07, 6.45) is 4.48. The number of likely N-dealkylation sites (tertiary alicyclic amines) is 1. The van der Waals surface area contributed by atoms with Crippen LogP contribution in [-0.4, -0.2) is 29.9 Å². The average Bonchev–Trinajstić information content (AvgIpc) is 3.31. The number of anilines is 1. The fraction of sp³-hybridized carbons (Fsp3) is 0.333. The molecule has 2 aliphatic rings. The van der Waals surface area contributed by atoms with Gasteiger partial charge < -0.3 is 15.0 Å². The molecule has 1 unspecified atom stereocenters. The first-order valence-corrected chi connectivity index (χ1v) is 11.5. The summed E-state index contributed by atoms with van der Waals surface area (Å²) in [7, 11) is 0. The van der Waals surface area contributed by atoms with E-state index in [-0.39, 0.29) is 17.9 Å². The number of rotatable bonds is 6. The van der Waals surface area contributed by atoms with Crippen LogP contribution in [-0.2, 0) is 16.0 Å². The third kappa shape index (κ3) is 4.20. The summed E-state index contributed by atoms with van der Waals surface area (Å²) in [4.78, 5) is 26.6. The lowest BCUT2D eigenvalue weighted by molar-refractivity contribution is -0.132. The van der Waals surface area contributed by atoms with Crippen LogP contribution in [0, 0.1) is 0 Å². The van der Waals surface area contributed by atoms with Gasteiger partial charge in [0.05, 0.1) is 12.6 Å². The normalized spacial score (nSPS) is 17.8.